The van der Waals surface area contributed by atoms with Gasteiger partial charge in [0.05, 0.1) is 17.2 Å². The number of hydrogen-bond acceptors (Lipinski definition) is 3. The number of nitriles is 1. The minimum absolute atomic E-state index is 0.536. The quantitative estimate of drug-likeness (QED) is 0.830. The molecular formula is C20H20F3N3. The topological polar surface area (TPSA) is 30.3 Å². The molecule has 2 aromatic carbocycles. The molecule has 1 aliphatic heterocycles. The third-order valence-electron chi connectivity index (χ3n) is 4.61. The molecule has 1 aliphatic rings. The highest BCUT2D eigenvalue weighted by Crippen LogP contribution is 2.29. The molecule has 26 heavy (non-hydrogen) atoms. The molecule has 6 heteroatoms. The van der Waals surface area contributed by atoms with E-state index in [-0.39, 0.29) is 0 Å². The average Bonchev–Trinajstić information content (AvgIpc) is 2.63. The van der Waals surface area contributed by atoms with Crippen LogP contribution < -0.4 is 0 Å². The lowest BCUT2D eigenvalue weighted by atomic mass is 10.1. The summed E-state index contributed by atoms with van der Waals surface area (Å²) in [5.74, 6) is 0. The molecule has 0 bridgehead atoms. The van der Waals surface area contributed by atoms with Gasteiger partial charge in [0.2, 0.25) is 0 Å². The zero-order chi connectivity index (χ0) is 18.6. The molecule has 0 aromatic heterocycles. The molecular weight excluding hydrogens is 339 g/mol. The van der Waals surface area contributed by atoms with Gasteiger partial charge in [-0.1, -0.05) is 30.3 Å². The molecule has 1 heterocycles. The summed E-state index contributed by atoms with van der Waals surface area (Å²) >= 11 is 0. The number of piperazine rings is 1. The van der Waals surface area contributed by atoms with Crippen LogP contribution in [0, 0.1) is 11.3 Å². The van der Waals surface area contributed by atoms with Gasteiger partial charge in [-0.05, 0) is 29.3 Å². The minimum atomic E-state index is -4.30. The molecule has 0 N–H and O–H groups in total. The number of halogens is 3. The van der Waals surface area contributed by atoms with E-state index in [0.717, 1.165) is 44.4 Å². The Kier molecular flexibility index (Phi) is 5.60. The van der Waals surface area contributed by atoms with E-state index in [0.29, 0.717) is 17.7 Å². The first-order chi connectivity index (χ1) is 12.4. The molecule has 0 unspecified atom stereocenters. The molecule has 2 aromatic rings. The van der Waals surface area contributed by atoms with E-state index in [1.807, 2.05) is 24.3 Å². The molecule has 3 nitrogen and oxygen atoms in total. The predicted molar refractivity (Wildman–Crippen MR) is 93.2 cm³/mol. The summed E-state index contributed by atoms with van der Waals surface area (Å²) < 4.78 is 38.4. The van der Waals surface area contributed by atoms with Gasteiger partial charge >= 0.3 is 6.18 Å². The lowest BCUT2D eigenvalue weighted by Crippen LogP contribution is -2.45. The van der Waals surface area contributed by atoms with Crippen LogP contribution in [0.25, 0.3) is 0 Å². The van der Waals surface area contributed by atoms with Gasteiger partial charge in [-0.15, -0.1) is 0 Å². The average molecular weight is 359 g/mol. The van der Waals surface area contributed by atoms with Crippen molar-refractivity contribution in [3.63, 3.8) is 0 Å². The summed E-state index contributed by atoms with van der Waals surface area (Å²) in [7, 11) is 0. The molecule has 0 radical (unpaired) electrons. The Hall–Kier alpha value is -2.36. The van der Waals surface area contributed by atoms with Crippen molar-refractivity contribution in [3.8, 4) is 6.07 Å². The van der Waals surface area contributed by atoms with Crippen LogP contribution in [0.3, 0.4) is 0 Å². The number of hydrogen-bond donors (Lipinski definition) is 0. The molecule has 0 saturated carbocycles. The second-order valence-electron chi connectivity index (χ2n) is 6.56. The number of alkyl halides is 3. The third-order valence-corrected chi connectivity index (χ3v) is 4.61. The Bertz CT molecular complexity index is 770. The van der Waals surface area contributed by atoms with E-state index in [4.69, 9.17) is 5.26 Å². The van der Waals surface area contributed by atoms with Crippen LogP contribution in [0.1, 0.15) is 22.3 Å². The smallest absolute Gasteiger partial charge is 0.297 e. The number of benzene rings is 2. The van der Waals surface area contributed by atoms with Crippen molar-refractivity contribution in [2.75, 3.05) is 26.2 Å². The van der Waals surface area contributed by atoms with Crippen LogP contribution in [0.15, 0.2) is 48.5 Å². The highest BCUT2D eigenvalue weighted by molar-refractivity contribution is 5.31. The lowest BCUT2D eigenvalue weighted by Gasteiger charge is -2.34. The Balaban J connectivity index is 1.51. The van der Waals surface area contributed by atoms with Gasteiger partial charge in [0.25, 0.3) is 0 Å². The van der Waals surface area contributed by atoms with Crippen LogP contribution in [-0.2, 0) is 19.3 Å². The second kappa shape index (κ2) is 7.90. The highest BCUT2D eigenvalue weighted by atomic mass is 19.4. The van der Waals surface area contributed by atoms with Gasteiger partial charge in [0.15, 0.2) is 0 Å². The summed E-state index contributed by atoms with van der Waals surface area (Å²) in [6.45, 7) is 4.76. The predicted octanol–water partition coefficient (Wildman–Crippen LogP) is 3.89. The largest absolute Gasteiger partial charge is 0.416 e. The zero-order valence-corrected chi connectivity index (χ0v) is 14.3. The maximum Gasteiger partial charge on any atom is 0.416 e. The molecule has 0 spiro atoms. The van der Waals surface area contributed by atoms with Gasteiger partial charge in [0, 0.05) is 39.3 Å². The van der Waals surface area contributed by atoms with Crippen LogP contribution in [-0.4, -0.2) is 36.0 Å². The Morgan fingerprint density at radius 1 is 0.846 bits per heavy atom. The van der Waals surface area contributed by atoms with Crippen molar-refractivity contribution in [2.45, 2.75) is 19.3 Å². The van der Waals surface area contributed by atoms with Gasteiger partial charge in [-0.2, -0.15) is 18.4 Å². The van der Waals surface area contributed by atoms with E-state index in [1.54, 1.807) is 6.07 Å². The van der Waals surface area contributed by atoms with Crippen molar-refractivity contribution < 1.29 is 13.2 Å². The SMILES string of the molecule is N#Cc1ccc(CN2CCN(Cc3cccc(C(F)(F)F)c3)CC2)cc1. The summed E-state index contributed by atoms with van der Waals surface area (Å²) in [5.41, 5.74) is 1.92. The van der Waals surface area contributed by atoms with Crippen molar-refractivity contribution >= 4 is 0 Å². The Morgan fingerprint density at radius 3 is 1.96 bits per heavy atom. The van der Waals surface area contributed by atoms with Crippen molar-refractivity contribution in [1.82, 2.24) is 9.80 Å². The molecule has 1 fully saturated rings. The summed E-state index contributed by atoms with van der Waals surface area (Å²) in [5, 5.41) is 8.83. The fraction of sp³-hybridized carbons (Fsp3) is 0.350. The van der Waals surface area contributed by atoms with E-state index in [9.17, 15) is 13.2 Å². The number of rotatable bonds is 4. The van der Waals surface area contributed by atoms with Gasteiger partial charge in [-0.3, -0.25) is 9.80 Å². The molecule has 0 amide bonds. The van der Waals surface area contributed by atoms with Crippen LogP contribution in [0.4, 0.5) is 13.2 Å². The van der Waals surface area contributed by atoms with Gasteiger partial charge in [0.1, 0.15) is 0 Å². The lowest BCUT2D eigenvalue weighted by molar-refractivity contribution is -0.137. The Labute approximate surface area is 151 Å². The van der Waals surface area contributed by atoms with Crippen LogP contribution in [0.2, 0.25) is 0 Å². The van der Waals surface area contributed by atoms with Crippen molar-refractivity contribution in [3.05, 3.63) is 70.8 Å². The molecule has 136 valence electrons. The summed E-state index contributed by atoms with van der Waals surface area (Å²) in [4.78, 5) is 4.51. The third kappa shape index (κ3) is 4.84. The van der Waals surface area contributed by atoms with Gasteiger partial charge < -0.3 is 0 Å². The first-order valence-electron chi connectivity index (χ1n) is 8.54. The van der Waals surface area contributed by atoms with Crippen molar-refractivity contribution in [2.24, 2.45) is 0 Å². The normalized spacial score (nSPS) is 16.4. The standard InChI is InChI=1S/C20H20F3N3/c21-20(22,23)19-3-1-2-18(12-19)15-26-10-8-25(9-11-26)14-17-6-4-16(13-24)5-7-17/h1-7,12H,8-11,14-15H2. The monoisotopic (exact) mass is 359 g/mol. The maximum absolute atomic E-state index is 12.8. The first-order valence-corrected chi connectivity index (χ1v) is 8.54. The number of nitrogens with zero attached hydrogens (tertiary/aromatic N) is 3. The zero-order valence-electron chi connectivity index (χ0n) is 14.3. The van der Waals surface area contributed by atoms with Crippen LogP contribution >= 0.6 is 0 Å². The first kappa shape index (κ1) is 18.4. The summed E-state index contributed by atoms with van der Waals surface area (Å²) in [6, 6.07) is 15.2. The fourth-order valence-electron chi connectivity index (χ4n) is 3.15. The van der Waals surface area contributed by atoms with E-state index >= 15 is 0 Å². The molecule has 3 rings (SSSR count). The molecule has 1 saturated heterocycles. The van der Waals surface area contributed by atoms with E-state index in [1.165, 1.54) is 12.1 Å². The maximum atomic E-state index is 12.8. The van der Waals surface area contributed by atoms with Crippen molar-refractivity contribution in [1.29, 1.82) is 5.26 Å². The second-order valence-corrected chi connectivity index (χ2v) is 6.56. The van der Waals surface area contributed by atoms with E-state index < -0.39 is 11.7 Å². The summed E-state index contributed by atoms with van der Waals surface area (Å²) in [6.07, 6.45) is -4.30. The highest BCUT2D eigenvalue weighted by Gasteiger charge is 2.30. The molecule has 0 atom stereocenters. The Morgan fingerprint density at radius 2 is 1.42 bits per heavy atom. The molecule has 0 aliphatic carbocycles. The van der Waals surface area contributed by atoms with E-state index in [2.05, 4.69) is 15.9 Å². The van der Waals surface area contributed by atoms with Gasteiger partial charge in [-0.25, -0.2) is 0 Å². The van der Waals surface area contributed by atoms with Crippen LogP contribution in [0.5, 0.6) is 0 Å². The minimum Gasteiger partial charge on any atom is -0.297 e. The fourth-order valence-corrected chi connectivity index (χ4v) is 3.15.